The van der Waals surface area contributed by atoms with Gasteiger partial charge in [0.15, 0.2) is 0 Å². The van der Waals surface area contributed by atoms with Gasteiger partial charge in [0.1, 0.15) is 17.9 Å². The Kier molecular flexibility index (Phi) is 6.40. The Balaban J connectivity index is 1.43. The van der Waals surface area contributed by atoms with Crippen molar-refractivity contribution in [2.24, 2.45) is 0 Å². The molecule has 7 heteroatoms. The molecule has 0 atom stereocenters. The second-order valence-corrected chi connectivity index (χ2v) is 9.25. The van der Waals surface area contributed by atoms with Crippen LogP contribution in [0.3, 0.4) is 0 Å². The maximum atomic E-state index is 13.3. The van der Waals surface area contributed by atoms with Crippen LogP contribution in [0, 0.1) is 6.92 Å². The fourth-order valence-electron chi connectivity index (χ4n) is 4.04. The maximum Gasteiger partial charge on any atom is 0.335 e. The molecular formula is C29H21BrN2O4. The summed E-state index contributed by atoms with van der Waals surface area (Å²) < 4.78 is 6.92. The van der Waals surface area contributed by atoms with Gasteiger partial charge in [-0.1, -0.05) is 70.5 Å². The van der Waals surface area contributed by atoms with Crippen LogP contribution >= 0.6 is 15.9 Å². The number of para-hydroxylation sites is 1. The molecule has 1 saturated heterocycles. The van der Waals surface area contributed by atoms with E-state index in [2.05, 4.69) is 33.4 Å². The number of carbonyl (C=O) groups is 3. The molecule has 0 unspecified atom stereocenters. The Morgan fingerprint density at radius 1 is 0.889 bits per heavy atom. The number of benzene rings is 4. The third-order valence-electron chi connectivity index (χ3n) is 5.93. The zero-order chi connectivity index (χ0) is 25.2. The number of hydrogen-bond donors (Lipinski definition) is 1. The van der Waals surface area contributed by atoms with Crippen molar-refractivity contribution in [2.45, 2.75) is 13.5 Å². The molecule has 4 amide bonds. The highest BCUT2D eigenvalue weighted by Gasteiger charge is 2.37. The molecule has 4 aromatic carbocycles. The summed E-state index contributed by atoms with van der Waals surface area (Å²) in [6.45, 7) is 2.17. The van der Waals surface area contributed by atoms with Crippen molar-refractivity contribution >= 4 is 56.3 Å². The number of anilines is 1. The quantitative estimate of drug-likeness (QED) is 0.243. The first-order chi connectivity index (χ1) is 17.4. The molecule has 0 radical (unpaired) electrons. The van der Waals surface area contributed by atoms with E-state index in [1.54, 1.807) is 36.4 Å². The van der Waals surface area contributed by atoms with Gasteiger partial charge in [-0.2, -0.15) is 0 Å². The van der Waals surface area contributed by atoms with Gasteiger partial charge in [0.25, 0.3) is 11.8 Å². The van der Waals surface area contributed by atoms with Crippen molar-refractivity contribution in [1.82, 2.24) is 5.32 Å². The molecule has 6 nitrogen and oxygen atoms in total. The molecule has 0 aliphatic carbocycles. The van der Waals surface area contributed by atoms with Crippen molar-refractivity contribution in [3.05, 3.63) is 112 Å². The molecule has 1 heterocycles. The van der Waals surface area contributed by atoms with Crippen LogP contribution < -0.4 is 15.0 Å². The SMILES string of the molecule is Cc1cc(N2C(=O)NC(=O)/C(=C\c3ccccc3OCc3ccc4ccccc4c3)C2=O)ccc1Br. The Morgan fingerprint density at radius 3 is 2.44 bits per heavy atom. The van der Waals surface area contributed by atoms with E-state index in [0.29, 0.717) is 23.6 Å². The number of aryl methyl sites for hydroxylation is 1. The molecule has 5 rings (SSSR count). The summed E-state index contributed by atoms with van der Waals surface area (Å²) in [7, 11) is 0. The van der Waals surface area contributed by atoms with Gasteiger partial charge in [-0.05, 0) is 65.2 Å². The van der Waals surface area contributed by atoms with E-state index in [-0.39, 0.29) is 5.57 Å². The standard InChI is InChI=1S/C29H21BrN2O4/c1-18-14-23(12-13-25(18)30)32-28(34)24(27(33)31-29(32)35)16-22-8-4-5-9-26(22)36-17-19-10-11-20-6-2-3-7-21(20)15-19/h2-16H,17H2,1H3,(H,31,33,35)/b24-16+. The third kappa shape index (κ3) is 4.65. The van der Waals surface area contributed by atoms with Crippen LogP contribution in [0.5, 0.6) is 5.75 Å². The molecule has 178 valence electrons. The van der Waals surface area contributed by atoms with E-state index >= 15 is 0 Å². The zero-order valence-electron chi connectivity index (χ0n) is 19.3. The average Bonchev–Trinajstić information content (AvgIpc) is 2.87. The first-order valence-corrected chi connectivity index (χ1v) is 12.1. The molecule has 0 bridgehead atoms. The Morgan fingerprint density at radius 2 is 1.64 bits per heavy atom. The van der Waals surface area contributed by atoms with Gasteiger partial charge in [0, 0.05) is 10.0 Å². The molecule has 1 N–H and O–H groups in total. The lowest BCUT2D eigenvalue weighted by Gasteiger charge is -2.26. The molecule has 4 aromatic rings. The van der Waals surface area contributed by atoms with Crippen LogP contribution in [0.1, 0.15) is 16.7 Å². The number of ether oxygens (including phenoxy) is 1. The Labute approximate surface area is 216 Å². The number of urea groups is 1. The molecule has 1 aliphatic rings. The highest BCUT2D eigenvalue weighted by Crippen LogP contribution is 2.28. The number of rotatable bonds is 5. The van der Waals surface area contributed by atoms with Gasteiger partial charge in [-0.15, -0.1) is 0 Å². The minimum Gasteiger partial charge on any atom is -0.488 e. The molecule has 36 heavy (non-hydrogen) atoms. The number of hydrogen-bond acceptors (Lipinski definition) is 4. The predicted molar refractivity (Wildman–Crippen MR) is 143 cm³/mol. The summed E-state index contributed by atoms with van der Waals surface area (Å²) >= 11 is 3.42. The summed E-state index contributed by atoms with van der Waals surface area (Å²) in [5.41, 5.74) is 2.61. The van der Waals surface area contributed by atoms with E-state index in [9.17, 15) is 14.4 Å². The van der Waals surface area contributed by atoms with Crippen molar-refractivity contribution in [2.75, 3.05) is 4.90 Å². The molecule has 0 spiro atoms. The van der Waals surface area contributed by atoms with Gasteiger partial charge in [-0.3, -0.25) is 14.9 Å². The smallest absolute Gasteiger partial charge is 0.335 e. The van der Waals surface area contributed by atoms with Crippen LogP contribution in [0.2, 0.25) is 0 Å². The molecule has 1 aliphatic heterocycles. The fraction of sp³-hybridized carbons (Fsp3) is 0.0690. The minimum absolute atomic E-state index is 0.156. The van der Waals surface area contributed by atoms with Crippen molar-refractivity contribution in [3.8, 4) is 5.75 Å². The first-order valence-electron chi connectivity index (χ1n) is 11.3. The van der Waals surface area contributed by atoms with E-state index in [1.165, 1.54) is 6.08 Å². The summed E-state index contributed by atoms with van der Waals surface area (Å²) in [5, 5.41) is 4.53. The van der Waals surface area contributed by atoms with E-state index in [4.69, 9.17) is 4.74 Å². The lowest BCUT2D eigenvalue weighted by atomic mass is 10.1. The molecule has 0 aromatic heterocycles. The van der Waals surface area contributed by atoms with Gasteiger partial charge in [0.05, 0.1) is 5.69 Å². The number of imide groups is 2. The number of amides is 4. The van der Waals surface area contributed by atoms with E-state index < -0.39 is 17.8 Å². The summed E-state index contributed by atoms with van der Waals surface area (Å²) in [5.74, 6) is -0.934. The largest absolute Gasteiger partial charge is 0.488 e. The average molecular weight is 541 g/mol. The molecular weight excluding hydrogens is 520 g/mol. The number of fused-ring (bicyclic) bond motifs is 1. The fourth-order valence-corrected chi connectivity index (χ4v) is 4.28. The number of carbonyl (C=O) groups excluding carboxylic acids is 3. The zero-order valence-corrected chi connectivity index (χ0v) is 20.9. The lowest BCUT2D eigenvalue weighted by Crippen LogP contribution is -2.54. The molecule has 1 fully saturated rings. The third-order valence-corrected chi connectivity index (χ3v) is 6.82. The second-order valence-electron chi connectivity index (χ2n) is 8.40. The van der Waals surface area contributed by atoms with Gasteiger partial charge in [0.2, 0.25) is 0 Å². The van der Waals surface area contributed by atoms with Crippen molar-refractivity contribution < 1.29 is 19.1 Å². The van der Waals surface area contributed by atoms with Gasteiger partial charge >= 0.3 is 6.03 Å². The van der Waals surface area contributed by atoms with E-state index in [0.717, 1.165) is 31.3 Å². The highest BCUT2D eigenvalue weighted by molar-refractivity contribution is 9.10. The number of nitrogens with zero attached hydrogens (tertiary/aromatic N) is 1. The van der Waals surface area contributed by atoms with Crippen LogP contribution in [0.15, 0.2) is 95.0 Å². The van der Waals surface area contributed by atoms with Gasteiger partial charge < -0.3 is 4.74 Å². The minimum atomic E-state index is -0.787. The summed E-state index contributed by atoms with van der Waals surface area (Å²) in [6, 6.07) is 25.7. The van der Waals surface area contributed by atoms with Crippen LogP contribution in [-0.2, 0) is 16.2 Å². The van der Waals surface area contributed by atoms with E-state index in [1.807, 2.05) is 43.3 Å². The topological polar surface area (TPSA) is 75.7 Å². The maximum absolute atomic E-state index is 13.3. The molecule has 0 saturated carbocycles. The monoisotopic (exact) mass is 540 g/mol. The second kappa shape index (κ2) is 9.79. The van der Waals surface area contributed by atoms with Crippen molar-refractivity contribution in [1.29, 1.82) is 0 Å². The van der Waals surface area contributed by atoms with Gasteiger partial charge in [-0.25, -0.2) is 9.69 Å². The highest BCUT2D eigenvalue weighted by atomic mass is 79.9. The summed E-state index contributed by atoms with van der Waals surface area (Å²) in [4.78, 5) is 39.4. The first kappa shape index (κ1) is 23.5. The van der Waals surface area contributed by atoms with Crippen LogP contribution in [0.4, 0.5) is 10.5 Å². The van der Waals surface area contributed by atoms with Crippen LogP contribution in [0.25, 0.3) is 16.8 Å². The van der Waals surface area contributed by atoms with Crippen LogP contribution in [-0.4, -0.2) is 17.8 Å². The normalized spacial score (nSPS) is 14.9. The summed E-state index contributed by atoms with van der Waals surface area (Å²) in [6.07, 6.45) is 1.46. The number of barbiturate groups is 1. The number of halogens is 1. The lowest BCUT2D eigenvalue weighted by molar-refractivity contribution is -0.122. The Hall–Kier alpha value is -4.23. The Bertz CT molecular complexity index is 1560. The predicted octanol–water partition coefficient (Wildman–Crippen LogP) is 6.16. The number of nitrogens with one attached hydrogen (secondary N) is 1. The van der Waals surface area contributed by atoms with Crippen molar-refractivity contribution in [3.63, 3.8) is 0 Å².